The van der Waals surface area contributed by atoms with Crippen LogP contribution in [-0.2, 0) is 11.2 Å². The molecule has 0 unspecified atom stereocenters. The number of amides is 1. The quantitative estimate of drug-likeness (QED) is 0.856. The summed E-state index contributed by atoms with van der Waals surface area (Å²) in [6.07, 6.45) is -5.85. The van der Waals surface area contributed by atoms with Gasteiger partial charge in [0.1, 0.15) is 6.42 Å². The van der Waals surface area contributed by atoms with Gasteiger partial charge in [-0.25, -0.2) is 9.78 Å². The second-order valence-electron chi connectivity index (χ2n) is 3.32. The van der Waals surface area contributed by atoms with E-state index < -0.39 is 24.5 Å². The molecule has 0 aliphatic carbocycles. The molecule has 0 saturated carbocycles. The fourth-order valence-corrected chi connectivity index (χ4v) is 1.85. The molecule has 0 aromatic carbocycles. The molecule has 0 saturated heterocycles. The minimum Gasteiger partial charge on any atom is -0.476 e. The van der Waals surface area contributed by atoms with E-state index in [1.165, 1.54) is 5.38 Å². The molecule has 1 aromatic rings. The molecule has 18 heavy (non-hydrogen) atoms. The molecule has 1 amide bonds. The van der Waals surface area contributed by atoms with Crippen LogP contribution in [0.3, 0.4) is 0 Å². The molecule has 1 rings (SSSR count). The Morgan fingerprint density at radius 2 is 2.11 bits per heavy atom. The van der Waals surface area contributed by atoms with Crippen molar-refractivity contribution in [3.05, 3.63) is 16.1 Å². The van der Waals surface area contributed by atoms with Crippen molar-refractivity contribution in [1.82, 2.24) is 10.3 Å². The molecule has 0 atom stereocenters. The van der Waals surface area contributed by atoms with Gasteiger partial charge in [-0.1, -0.05) is 0 Å². The zero-order valence-corrected chi connectivity index (χ0v) is 9.77. The van der Waals surface area contributed by atoms with Gasteiger partial charge in [0, 0.05) is 18.3 Å². The molecular formula is C9H9F3N2O3S. The Morgan fingerprint density at radius 3 is 2.61 bits per heavy atom. The summed E-state index contributed by atoms with van der Waals surface area (Å²) in [6.45, 7) is -0.0124. The van der Waals surface area contributed by atoms with Crippen LogP contribution in [0, 0.1) is 0 Å². The molecule has 0 aliphatic rings. The number of hydrogen-bond donors (Lipinski definition) is 2. The van der Waals surface area contributed by atoms with Crippen molar-refractivity contribution < 1.29 is 27.9 Å². The maximum absolute atomic E-state index is 11.8. The van der Waals surface area contributed by atoms with Crippen LogP contribution in [0.2, 0.25) is 0 Å². The highest BCUT2D eigenvalue weighted by atomic mass is 32.1. The van der Waals surface area contributed by atoms with Crippen LogP contribution in [0.5, 0.6) is 0 Å². The van der Waals surface area contributed by atoms with Gasteiger partial charge in [0.05, 0.1) is 5.01 Å². The van der Waals surface area contributed by atoms with Crippen molar-refractivity contribution in [2.24, 2.45) is 0 Å². The number of aromatic carboxylic acids is 1. The van der Waals surface area contributed by atoms with Crippen LogP contribution < -0.4 is 5.32 Å². The van der Waals surface area contributed by atoms with Crippen molar-refractivity contribution in [3.8, 4) is 0 Å². The predicted octanol–water partition coefficient (Wildman–Crippen LogP) is 1.45. The van der Waals surface area contributed by atoms with Crippen LogP contribution >= 0.6 is 11.3 Å². The molecule has 0 bridgehead atoms. The Bertz CT molecular complexity index is 445. The minimum absolute atomic E-state index is 0.0124. The second kappa shape index (κ2) is 5.80. The lowest BCUT2D eigenvalue weighted by Gasteiger charge is -2.06. The van der Waals surface area contributed by atoms with E-state index in [2.05, 4.69) is 10.3 Å². The molecule has 100 valence electrons. The van der Waals surface area contributed by atoms with E-state index >= 15 is 0 Å². The molecular weight excluding hydrogens is 273 g/mol. The number of carbonyl (C=O) groups excluding carboxylic acids is 1. The van der Waals surface area contributed by atoms with E-state index in [9.17, 15) is 22.8 Å². The van der Waals surface area contributed by atoms with Gasteiger partial charge >= 0.3 is 12.1 Å². The normalized spacial score (nSPS) is 11.3. The van der Waals surface area contributed by atoms with Gasteiger partial charge in [-0.2, -0.15) is 13.2 Å². The van der Waals surface area contributed by atoms with Gasteiger partial charge < -0.3 is 10.4 Å². The summed E-state index contributed by atoms with van der Waals surface area (Å²) < 4.78 is 35.4. The SMILES string of the molecule is O=C(CC(F)(F)F)NCCc1nc(C(=O)O)cs1. The Hall–Kier alpha value is -1.64. The summed E-state index contributed by atoms with van der Waals surface area (Å²) in [7, 11) is 0. The third kappa shape index (κ3) is 5.13. The highest BCUT2D eigenvalue weighted by Crippen LogP contribution is 2.18. The van der Waals surface area contributed by atoms with Gasteiger partial charge in [-0.05, 0) is 0 Å². The third-order valence-corrected chi connectivity index (χ3v) is 2.70. The van der Waals surface area contributed by atoms with Gasteiger partial charge in [0.15, 0.2) is 5.69 Å². The van der Waals surface area contributed by atoms with E-state index in [1.54, 1.807) is 0 Å². The van der Waals surface area contributed by atoms with E-state index in [0.717, 1.165) is 11.3 Å². The molecule has 0 aliphatic heterocycles. The smallest absolute Gasteiger partial charge is 0.397 e. The first-order valence-corrected chi connectivity index (χ1v) is 5.67. The van der Waals surface area contributed by atoms with Crippen molar-refractivity contribution in [2.75, 3.05) is 6.54 Å². The lowest BCUT2D eigenvalue weighted by molar-refractivity contribution is -0.153. The number of aromatic nitrogens is 1. The topological polar surface area (TPSA) is 79.3 Å². The summed E-state index contributed by atoms with van der Waals surface area (Å²) in [4.78, 5) is 25.0. The second-order valence-corrected chi connectivity index (χ2v) is 4.27. The van der Waals surface area contributed by atoms with Gasteiger partial charge in [0.25, 0.3) is 0 Å². The first-order chi connectivity index (χ1) is 8.28. The molecule has 5 nitrogen and oxygen atoms in total. The molecule has 0 radical (unpaired) electrons. The van der Waals surface area contributed by atoms with Crippen LogP contribution in [0.1, 0.15) is 21.9 Å². The average molecular weight is 282 g/mol. The summed E-state index contributed by atoms with van der Waals surface area (Å²) in [5.74, 6) is -2.28. The molecule has 2 N–H and O–H groups in total. The van der Waals surface area contributed by atoms with Crippen molar-refractivity contribution in [1.29, 1.82) is 0 Å². The number of thiazole rings is 1. The summed E-state index contributed by atoms with van der Waals surface area (Å²) >= 11 is 1.08. The van der Waals surface area contributed by atoms with Gasteiger partial charge in [0.2, 0.25) is 5.91 Å². The number of carboxylic acid groups (broad SMARTS) is 1. The monoisotopic (exact) mass is 282 g/mol. The predicted molar refractivity (Wildman–Crippen MR) is 56.5 cm³/mol. The standard InChI is InChI=1S/C9H9F3N2O3S/c10-9(11,12)3-6(15)13-2-1-7-14-5(4-18-7)8(16)17/h4H,1-3H2,(H,13,15)(H,16,17). The number of halogens is 3. The van der Waals surface area contributed by atoms with Crippen LogP contribution in [0.15, 0.2) is 5.38 Å². The van der Waals surface area contributed by atoms with Gasteiger partial charge in [-0.3, -0.25) is 4.79 Å². The number of nitrogens with zero attached hydrogens (tertiary/aromatic N) is 1. The lowest BCUT2D eigenvalue weighted by atomic mass is 10.3. The van der Waals surface area contributed by atoms with E-state index in [-0.39, 0.29) is 18.7 Å². The molecule has 1 heterocycles. The maximum Gasteiger partial charge on any atom is 0.397 e. The number of carbonyl (C=O) groups is 2. The first kappa shape index (κ1) is 14.4. The highest BCUT2D eigenvalue weighted by molar-refractivity contribution is 7.09. The Labute approximate surface area is 104 Å². The Balaban J connectivity index is 2.33. The molecule has 9 heteroatoms. The Morgan fingerprint density at radius 1 is 1.44 bits per heavy atom. The third-order valence-electron chi connectivity index (χ3n) is 1.79. The molecule has 0 spiro atoms. The number of carboxylic acids is 1. The van der Waals surface area contributed by atoms with Crippen LogP contribution in [0.25, 0.3) is 0 Å². The number of hydrogen-bond acceptors (Lipinski definition) is 4. The molecule has 1 aromatic heterocycles. The van der Waals surface area contributed by atoms with Crippen molar-refractivity contribution in [2.45, 2.75) is 19.0 Å². The fourth-order valence-electron chi connectivity index (χ4n) is 1.08. The summed E-state index contributed by atoms with van der Waals surface area (Å²) in [5.41, 5.74) is -0.114. The number of nitrogens with one attached hydrogen (secondary N) is 1. The number of alkyl halides is 3. The van der Waals surface area contributed by atoms with Crippen LogP contribution in [0.4, 0.5) is 13.2 Å². The van der Waals surface area contributed by atoms with Gasteiger partial charge in [-0.15, -0.1) is 11.3 Å². The van der Waals surface area contributed by atoms with Crippen LogP contribution in [-0.4, -0.2) is 34.7 Å². The Kier molecular flexibility index (Phi) is 4.65. The summed E-state index contributed by atoms with van der Waals surface area (Å²) in [5, 5.41) is 12.4. The largest absolute Gasteiger partial charge is 0.476 e. The maximum atomic E-state index is 11.8. The van der Waals surface area contributed by atoms with Crippen molar-refractivity contribution >= 4 is 23.2 Å². The zero-order chi connectivity index (χ0) is 13.8. The fraction of sp³-hybridized carbons (Fsp3) is 0.444. The van der Waals surface area contributed by atoms with E-state index in [0.29, 0.717) is 5.01 Å². The van der Waals surface area contributed by atoms with E-state index in [1.807, 2.05) is 0 Å². The molecule has 0 fully saturated rings. The lowest BCUT2D eigenvalue weighted by Crippen LogP contribution is -2.30. The first-order valence-electron chi connectivity index (χ1n) is 4.79. The average Bonchev–Trinajstić information content (AvgIpc) is 2.63. The van der Waals surface area contributed by atoms with E-state index in [4.69, 9.17) is 5.11 Å². The zero-order valence-electron chi connectivity index (χ0n) is 8.95. The highest BCUT2D eigenvalue weighted by Gasteiger charge is 2.30. The van der Waals surface area contributed by atoms with Crippen molar-refractivity contribution in [3.63, 3.8) is 0 Å². The minimum atomic E-state index is -4.53. The number of rotatable bonds is 5. The summed E-state index contributed by atoms with van der Waals surface area (Å²) in [6, 6.07) is 0.